The molecule has 5 nitrogen and oxygen atoms in total. The summed E-state index contributed by atoms with van der Waals surface area (Å²) in [4.78, 5) is 28.6. The van der Waals surface area contributed by atoms with E-state index < -0.39 is 6.04 Å². The van der Waals surface area contributed by atoms with E-state index in [0.29, 0.717) is 24.1 Å². The van der Waals surface area contributed by atoms with Crippen LogP contribution in [0.2, 0.25) is 0 Å². The molecule has 1 unspecified atom stereocenters. The SMILES string of the molecule is CCCCC(C(=O)OCC)n1c(=O)cnc2ccccc21. The first kappa shape index (κ1) is 15.2. The number of aromatic nitrogens is 2. The summed E-state index contributed by atoms with van der Waals surface area (Å²) in [6.45, 7) is 4.12. The third-order valence-corrected chi connectivity index (χ3v) is 3.39. The Hall–Kier alpha value is -2.17. The van der Waals surface area contributed by atoms with E-state index in [1.165, 1.54) is 10.8 Å². The summed E-state index contributed by atoms with van der Waals surface area (Å²) < 4.78 is 6.65. The maximum Gasteiger partial charge on any atom is 0.329 e. The van der Waals surface area contributed by atoms with E-state index in [0.717, 1.165) is 12.8 Å². The van der Waals surface area contributed by atoms with Gasteiger partial charge in [0, 0.05) is 0 Å². The van der Waals surface area contributed by atoms with Gasteiger partial charge < -0.3 is 4.74 Å². The molecule has 1 aromatic heterocycles. The zero-order valence-electron chi connectivity index (χ0n) is 12.4. The monoisotopic (exact) mass is 288 g/mol. The topological polar surface area (TPSA) is 61.2 Å². The highest BCUT2D eigenvalue weighted by atomic mass is 16.5. The second kappa shape index (κ2) is 7.02. The molecule has 0 fully saturated rings. The van der Waals surface area contributed by atoms with Gasteiger partial charge in [0.1, 0.15) is 6.04 Å². The number of fused-ring (bicyclic) bond motifs is 1. The minimum absolute atomic E-state index is 0.275. The fourth-order valence-corrected chi connectivity index (χ4v) is 2.39. The van der Waals surface area contributed by atoms with Crippen LogP contribution in [-0.2, 0) is 9.53 Å². The molecule has 2 aromatic rings. The first-order valence-electron chi connectivity index (χ1n) is 7.32. The molecule has 0 radical (unpaired) electrons. The minimum Gasteiger partial charge on any atom is -0.464 e. The average Bonchev–Trinajstić information content (AvgIpc) is 2.49. The van der Waals surface area contributed by atoms with Crippen LogP contribution >= 0.6 is 0 Å². The van der Waals surface area contributed by atoms with Crippen LogP contribution in [0.15, 0.2) is 35.3 Å². The number of carbonyl (C=O) groups excluding carboxylic acids is 1. The molecule has 0 N–H and O–H groups in total. The Balaban J connectivity index is 2.55. The van der Waals surface area contributed by atoms with Gasteiger partial charge in [0.25, 0.3) is 5.56 Å². The van der Waals surface area contributed by atoms with E-state index >= 15 is 0 Å². The van der Waals surface area contributed by atoms with Gasteiger partial charge in [0.15, 0.2) is 0 Å². The Kier molecular flexibility index (Phi) is 5.09. The summed E-state index contributed by atoms with van der Waals surface area (Å²) in [7, 11) is 0. The van der Waals surface area contributed by atoms with Crippen molar-refractivity contribution in [3.05, 3.63) is 40.8 Å². The third-order valence-electron chi connectivity index (χ3n) is 3.39. The number of rotatable bonds is 6. The van der Waals surface area contributed by atoms with E-state index in [-0.39, 0.29) is 11.5 Å². The standard InChI is InChI=1S/C16H20N2O3/c1-3-5-9-14(16(20)21-4-2)18-13-10-7-6-8-12(13)17-11-15(18)19/h6-8,10-11,14H,3-5,9H2,1-2H3. The first-order chi connectivity index (χ1) is 10.2. The van der Waals surface area contributed by atoms with Gasteiger partial charge in [-0.15, -0.1) is 0 Å². The highest BCUT2D eigenvalue weighted by Crippen LogP contribution is 2.20. The summed E-state index contributed by atoms with van der Waals surface area (Å²) in [5.41, 5.74) is 1.09. The number of carbonyl (C=O) groups is 1. The molecule has 0 aliphatic rings. The number of esters is 1. The Morgan fingerprint density at radius 1 is 1.33 bits per heavy atom. The van der Waals surface area contributed by atoms with E-state index in [1.54, 1.807) is 6.92 Å². The van der Waals surface area contributed by atoms with Crippen LogP contribution in [0.25, 0.3) is 11.0 Å². The predicted molar refractivity (Wildman–Crippen MR) is 81.2 cm³/mol. The maximum absolute atomic E-state index is 12.2. The lowest BCUT2D eigenvalue weighted by molar-refractivity contribution is -0.147. The summed E-state index contributed by atoms with van der Waals surface area (Å²) >= 11 is 0. The van der Waals surface area contributed by atoms with E-state index in [1.807, 2.05) is 24.3 Å². The van der Waals surface area contributed by atoms with Gasteiger partial charge >= 0.3 is 5.97 Å². The molecule has 2 rings (SSSR count). The maximum atomic E-state index is 12.2. The van der Waals surface area contributed by atoms with Crippen molar-refractivity contribution in [2.75, 3.05) is 6.61 Å². The molecule has 112 valence electrons. The van der Waals surface area contributed by atoms with Crippen LogP contribution in [0, 0.1) is 0 Å². The summed E-state index contributed by atoms with van der Waals surface area (Å²) in [5.74, 6) is -0.357. The van der Waals surface area contributed by atoms with Crippen LogP contribution < -0.4 is 5.56 Å². The number of unbranched alkanes of at least 4 members (excludes halogenated alkanes) is 1. The van der Waals surface area contributed by atoms with Gasteiger partial charge in [-0.3, -0.25) is 9.36 Å². The van der Waals surface area contributed by atoms with Crippen LogP contribution in [0.3, 0.4) is 0 Å². The lowest BCUT2D eigenvalue weighted by atomic mass is 10.1. The van der Waals surface area contributed by atoms with Crippen molar-refractivity contribution in [1.29, 1.82) is 0 Å². The number of hydrogen-bond acceptors (Lipinski definition) is 4. The Labute approximate surface area is 123 Å². The van der Waals surface area contributed by atoms with Gasteiger partial charge in [-0.25, -0.2) is 9.78 Å². The highest BCUT2D eigenvalue weighted by Gasteiger charge is 2.24. The molecule has 1 aromatic carbocycles. The van der Waals surface area contributed by atoms with Crippen molar-refractivity contribution >= 4 is 17.0 Å². The summed E-state index contributed by atoms with van der Waals surface area (Å²) in [5, 5.41) is 0. The van der Waals surface area contributed by atoms with Crippen LogP contribution in [0.1, 0.15) is 39.2 Å². The molecule has 0 aliphatic carbocycles. The quantitative estimate of drug-likeness (QED) is 0.767. The van der Waals surface area contributed by atoms with Crippen LogP contribution in [0.4, 0.5) is 0 Å². The molecule has 0 bridgehead atoms. The zero-order chi connectivity index (χ0) is 15.2. The van der Waals surface area contributed by atoms with Gasteiger partial charge in [-0.2, -0.15) is 0 Å². The molecule has 21 heavy (non-hydrogen) atoms. The van der Waals surface area contributed by atoms with Crippen molar-refractivity contribution in [3.8, 4) is 0 Å². The Morgan fingerprint density at radius 3 is 2.81 bits per heavy atom. The fourth-order valence-electron chi connectivity index (χ4n) is 2.39. The van der Waals surface area contributed by atoms with Crippen LogP contribution in [0.5, 0.6) is 0 Å². The second-order valence-corrected chi connectivity index (χ2v) is 4.87. The molecule has 0 saturated carbocycles. The number of ether oxygens (including phenoxy) is 1. The molecule has 1 atom stereocenters. The molecular formula is C16H20N2O3. The van der Waals surface area contributed by atoms with Gasteiger partial charge in [0.2, 0.25) is 0 Å². The predicted octanol–water partition coefficient (Wildman–Crippen LogP) is 2.69. The third kappa shape index (κ3) is 3.29. The lowest BCUT2D eigenvalue weighted by Gasteiger charge is -2.19. The molecular weight excluding hydrogens is 268 g/mol. The van der Waals surface area contributed by atoms with Gasteiger partial charge in [0.05, 0.1) is 23.8 Å². The van der Waals surface area contributed by atoms with E-state index in [9.17, 15) is 9.59 Å². The molecule has 5 heteroatoms. The normalized spacial score (nSPS) is 12.3. The Morgan fingerprint density at radius 2 is 2.10 bits per heavy atom. The number of para-hydroxylation sites is 2. The number of benzene rings is 1. The molecule has 0 saturated heterocycles. The van der Waals surface area contributed by atoms with Crippen molar-refractivity contribution in [3.63, 3.8) is 0 Å². The minimum atomic E-state index is -0.592. The smallest absolute Gasteiger partial charge is 0.329 e. The summed E-state index contributed by atoms with van der Waals surface area (Å²) in [6.07, 6.45) is 3.66. The van der Waals surface area contributed by atoms with Crippen LogP contribution in [-0.4, -0.2) is 22.1 Å². The van der Waals surface area contributed by atoms with Gasteiger partial charge in [-0.1, -0.05) is 31.9 Å². The largest absolute Gasteiger partial charge is 0.464 e. The lowest BCUT2D eigenvalue weighted by Crippen LogP contribution is -2.31. The van der Waals surface area contributed by atoms with E-state index in [2.05, 4.69) is 11.9 Å². The number of nitrogens with zero attached hydrogens (tertiary/aromatic N) is 2. The molecule has 0 aliphatic heterocycles. The summed E-state index contributed by atoms with van der Waals surface area (Å²) in [6, 6.07) is 6.73. The van der Waals surface area contributed by atoms with Gasteiger partial charge in [-0.05, 0) is 25.5 Å². The van der Waals surface area contributed by atoms with Crippen molar-refractivity contribution in [2.24, 2.45) is 0 Å². The second-order valence-electron chi connectivity index (χ2n) is 4.87. The average molecular weight is 288 g/mol. The highest BCUT2D eigenvalue weighted by molar-refractivity contribution is 5.79. The van der Waals surface area contributed by atoms with Crippen molar-refractivity contribution in [1.82, 2.24) is 9.55 Å². The number of hydrogen-bond donors (Lipinski definition) is 0. The fraction of sp³-hybridized carbons (Fsp3) is 0.438. The molecule has 0 spiro atoms. The Bertz CT molecular complexity index is 679. The van der Waals surface area contributed by atoms with E-state index in [4.69, 9.17) is 4.74 Å². The zero-order valence-corrected chi connectivity index (χ0v) is 12.4. The van der Waals surface area contributed by atoms with Crippen molar-refractivity contribution < 1.29 is 9.53 Å². The molecule has 1 heterocycles. The van der Waals surface area contributed by atoms with Crippen molar-refractivity contribution in [2.45, 2.75) is 39.2 Å². The first-order valence-corrected chi connectivity index (χ1v) is 7.32. The molecule has 0 amide bonds.